The first-order chi connectivity index (χ1) is 18.0. The van der Waals surface area contributed by atoms with Crippen LogP contribution in [0.25, 0.3) is 11.1 Å². The van der Waals surface area contributed by atoms with E-state index >= 15 is 0 Å². The summed E-state index contributed by atoms with van der Waals surface area (Å²) in [5.41, 5.74) is 1.74. The van der Waals surface area contributed by atoms with E-state index in [1.807, 2.05) is 20.8 Å². The zero-order valence-corrected chi connectivity index (χ0v) is 22.5. The first-order valence-corrected chi connectivity index (χ1v) is 13.0. The third-order valence-electron chi connectivity index (χ3n) is 6.55. The highest BCUT2D eigenvalue weighted by Gasteiger charge is 2.26. The molecule has 0 atom stereocenters. The molecule has 1 saturated heterocycles. The number of hydrogen-bond donors (Lipinski definition) is 2. The molecule has 1 aliphatic carbocycles. The lowest BCUT2D eigenvalue weighted by molar-refractivity contribution is -0.137. The summed E-state index contributed by atoms with van der Waals surface area (Å²) < 4.78 is 26.3. The van der Waals surface area contributed by atoms with Gasteiger partial charge in [-0.05, 0) is 66.6 Å². The number of benzene rings is 2. The normalized spacial score (nSPS) is 15.7. The Hall–Kier alpha value is -3.46. The molecule has 2 aliphatic rings. The molecule has 3 amide bonds. The zero-order chi connectivity index (χ0) is 27.4. The Bertz CT molecular complexity index is 1210. The number of carbonyl (C=O) groups excluding carboxylic acids is 3. The van der Waals surface area contributed by atoms with Crippen molar-refractivity contribution < 1.29 is 28.2 Å². The van der Waals surface area contributed by atoms with E-state index in [1.54, 1.807) is 36.1 Å². The third kappa shape index (κ3) is 7.10. The number of halogens is 1. The van der Waals surface area contributed by atoms with Crippen LogP contribution in [0.3, 0.4) is 0 Å². The van der Waals surface area contributed by atoms with Gasteiger partial charge in [0, 0.05) is 42.4 Å². The minimum absolute atomic E-state index is 0.102. The van der Waals surface area contributed by atoms with E-state index in [0.29, 0.717) is 55.1 Å². The molecule has 0 radical (unpaired) electrons. The molecule has 2 N–H and O–H groups in total. The van der Waals surface area contributed by atoms with Crippen LogP contribution in [0.15, 0.2) is 30.3 Å². The van der Waals surface area contributed by atoms with E-state index in [9.17, 15) is 18.8 Å². The van der Waals surface area contributed by atoms with Gasteiger partial charge >= 0.3 is 0 Å². The highest BCUT2D eigenvalue weighted by Crippen LogP contribution is 2.35. The predicted octanol–water partition coefficient (Wildman–Crippen LogP) is 3.71. The van der Waals surface area contributed by atoms with E-state index in [4.69, 9.17) is 9.47 Å². The second kappa shape index (κ2) is 11.5. The number of carbonyl (C=O) groups is 3. The zero-order valence-electron chi connectivity index (χ0n) is 22.5. The summed E-state index contributed by atoms with van der Waals surface area (Å²) in [6.45, 7) is 9.80. The molecular formula is C29H36FN3O5. The Morgan fingerprint density at radius 3 is 2.39 bits per heavy atom. The summed E-state index contributed by atoms with van der Waals surface area (Å²) in [7, 11) is 0. The number of amides is 3. The standard InChI is InChI=1S/C29H36FN3O5/c1-18-23(13-20(14-24(18)30)28(36)32-21-6-7-21)22-8-5-19(27(35)31-17-29(2,3)4)15-25(22)38-16-26(34)33-9-11-37-12-10-33/h5,8,13-15,21H,6-7,9-12,16-17H2,1-4H3,(H,31,35)(H,32,36). The van der Waals surface area contributed by atoms with Crippen molar-refractivity contribution >= 4 is 17.7 Å². The molecule has 1 aliphatic heterocycles. The largest absolute Gasteiger partial charge is 0.483 e. The monoisotopic (exact) mass is 525 g/mol. The quantitative estimate of drug-likeness (QED) is 0.548. The molecule has 1 saturated carbocycles. The Kier molecular flexibility index (Phi) is 8.35. The van der Waals surface area contributed by atoms with Crippen LogP contribution in [0, 0.1) is 18.2 Å². The number of nitrogens with one attached hydrogen (secondary N) is 2. The van der Waals surface area contributed by atoms with Gasteiger partial charge in [0.25, 0.3) is 17.7 Å². The van der Waals surface area contributed by atoms with Gasteiger partial charge in [0.15, 0.2) is 6.61 Å². The van der Waals surface area contributed by atoms with Crippen LogP contribution in [-0.4, -0.2) is 68.1 Å². The van der Waals surface area contributed by atoms with Crippen molar-refractivity contribution in [3.8, 4) is 16.9 Å². The Balaban J connectivity index is 1.66. The highest BCUT2D eigenvalue weighted by atomic mass is 19.1. The van der Waals surface area contributed by atoms with Gasteiger partial charge < -0.3 is 25.0 Å². The molecule has 1 heterocycles. The summed E-state index contributed by atoms with van der Waals surface area (Å²) in [6.07, 6.45) is 1.84. The topological polar surface area (TPSA) is 97.0 Å². The van der Waals surface area contributed by atoms with E-state index in [-0.39, 0.29) is 47.1 Å². The molecule has 2 aromatic carbocycles. The van der Waals surface area contributed by atoms with Crippen molar-refractivity contribution in [2.75, 3.05) is 39.5 Å². The number of rotatable bonds is 8. The summed E-state index contributed by atoms with van der Waals surface area (Å²) in [6, 6.07) is 7.86. The lowest BCUT2D eigenvalue weighted by Crippen LogP contribution is -2.43. The van der Waals surface area contributed by atoms with Crippen LogP contribution in [0.4, 0.5) is 4.39 Å². The minimum atomic E-state index is -0.522. The van der Waals surface area contributed by atoms with Crippen LogP contribution in [0.1, 0.15) is 59.9 Å². The van der Waals surface area contributed by atoms with Gasteiger partial charge in [0.1, 0.15) is 11.6 Å². The average Bonchev–Trinajstić information content (AvgIpc) is 3.71. The van der Waals surface area contributed by atoms with Crippen molar-refractivity contribution in [3.63, 3.8) is 0 Å². The first kappa shape index (κ1) is 27.6. The second-order valence-corrected chi connectivity index (χ2v) is 11.1. The maximum Gasteiger partial charge on any atom is 0.260 e. The average molecular weight is 526 g/mol. The van der Waals surface area contributed by atoms with Crippen molar-refractivity contribution in [1.29, 1.82) is 0 Å². The lowest BCUT2D eigenvalue weighted by Gasteiger charge is -2.27. The van der Waals surface area contributed by atoms with Gasteiger partial charge in [-0.15, -0.1) is 0 Å². The van der Waals surface area contributed by atoms with E-state index in [2.05, 4.69) is 10.6 Å². The van der Waals surface area contributed by atoms with Crippen molar-refractivity contribution in [1.82, 2.24) is 15.5 Å². The molecule has 0 aromatic heterocycles. The molecule has 204 valence electrons. The molecular weight excluding hydrogens is 489 g/mol. The highest BCUT2D eigenvalue weighted by molar-refractivity contribution is 5.98. The molecule has 38 heavy (non-hydrogen) atoms. The van der Waals surface area contributed by atoms with Crippen LogP contribution >= 0.6 is 0 Å². The summed E-state index contributed by atoms with van der Waals surface area (Å²) in [4.78, 5) is 40.0. The van der Waals surface area contributed by atoms with Crippen molar-refractivity contribution in [2.24, 2.45) is 5.41 Å². The minimum Gasteiger partial charge on any atom is -0.483 e. The SMILES string of the molecule is Cc1c(F)cc(C(=O)NC2CC2)cc1-c1ccc(C(=O)NCC(C)(C)C)cc1OCC(=O)N1CCOCC1. The van der Waals surface area contributed by atoms with Gasteiger partial charge in [0.05, 0.1) is 13.2 Å². The van der Waals surface area contributed by atoms with E-state index < -0.39 is 5.82 Å². The maximum atomic E-state index is 15.0. The first-order valence-electron chi connectivity index (χ1n) is 13.0. The van der Waals surface area contributed by atoms with Gasteiger partial charge in [-0.2, -0.15) is 0 Å². The maximum absolute atomic E-state index is 15.0. The molecule has 0 spiro atoms. The number of nitrogens with zero attached hydrogens (tertiary/aromatic N) is 1. The third-order valence-corrected chi connectivity index (χ3v) is 6.55. The smallest absolute Gasteiger partial charge is 0.260 e. The molecule has 2 fully saturated rings. The Morgan fingerprint density at radius 2 is 1.74 bits per heavy atom. The fraction of sp³-hybridized carbons (Fsp3) is 0.483. The molecule has 8 nitrogen and oxygen atoms in total. The number of morpholine rings is 1. The van der Waals surface area contributed by atoms with Gasteiger partial charge in [-0.3, -0.25) is 14.4 Å². The second-order valence-electron chi connectivity index (χ2n) is 11.1. The van der Waals surface area contributed by atoms with Crippen LogP contribution in [-0.2, 0) is 9.53 Å². The summed E-state index contributed by atoms with van der Waals surface area (Å²) >= 11 is 0. The van der Waals surface area contributed by atoms with Crippen LogP contribution < -0.4 is 15.4 Å². The predicted molar refractivity (Wildman–Crippen MR) is 142 cm³/mol. The van der Waals surface area contributed by atoms with Gasteiger partial charge in [0.2, 0.25) is 0 Å². The van der Waals surface area contributed by atoms with E-state index in [1.165, 1.54) is 6.07 Å². The fourth-order valence-corrected chi connectivity index (χ4v) is 4.08. The van der Waals surface area contributed by atoms with Crippen molar-refractivity contribution in [3.05, 3.63) is 52.8 Å². The number of hydrogen-bond acceptors (Lipinski definition) is 5. The summed E-state index contributed by atoms with van der Waals surface area (Å²) in [5, 5.41) is 5.80. The molecule has 0 bridgehead atoms. The fourth-order valence-electron chi connectivity index (χ4n) is 4.08. The van der Waals surface area contributed by atoms with Crippen LogP contribution in [0.2, 0.25) is 0 Å². The number of ether oxygens (including phenoxy) is 2. The van der Waals surface area contributed by atoms with Crippen LogP contribution in [0.5, 0.6) is 5.75 Å². The van der Waals surface area contributed by atoms with Gasteiger partial charge in [-0.25, -0.2) is 4.39 Å². The molecule has 9 heteroatoms. The van der Waals surface area contributed by atoms with Gasteiger partial charge in [-0.1, -0.05) is 20.8 Å². The van der Waals surface area contributed by atoms with E-state index in [0.717, 1.165) is 12.8 Å². The molecule has 2 aromatic rings. The molecule has 0 unspecified atom stereocenters. The lowest BCUT2D eigenvalue weighted by atomic mass is 9.95. The summed E-state index contributed by atoms with van der Waals surface area (Å²) in [5.74, 6) is -1.09. The van der Waals surface area contributed by atoms with Crippen molar-refractivity contribution in [2.45, 2.75) is 46.6 Å². The Morgan fingerprint density at radius 1 is 1.03 bits per heavy atom. The Labute approximate surface area is 222 Å². The molecule has 4 rings (SSSR count).